The number of aryl methyl sites for hydroxylation is 1. The Morgan fingerprint density at radius 3 is 2.62 bits per heavy atom. The molecule has 1 fully saturated rings. The van der Waals surface area contributed by atoms with Gasteiger partial charge in [0.2, 0.25) is 0 Å². The lowest BCUT2D eigenvalue weighted by molar-refractivity contribution is 0.505. The van der Waals surface area contributed by atoms with Gasteiger partial charge in [0.1, 0.15) is 0 Å². The summed E-state index contributed by atoms with van der Waals surface area (Å²) in [6.45, 7) is 1.99. The molecule has 26 heavy (non-hydrogen) atoms. The van der Waals surface area contributed by atoms with E-state index in [-0.39, 0.29) is 5.56 Å². The molecule has 5 nitrogen and oxygen atoms in total. The second-order valence-electron chi connectivity index (χ2n) is 7.09. The third-order valence-electron chi connectivity index (χ3n) is 5.49. The zero-order chi connectivity index (χ0) is 17.7. The maximum absolute atomic E-state index is 13.0. The van der Waals surface area contributed by atoms with Gasteiger partial charge in [0.05, 0.1) is 16.6 Å². The summed E-state index contributed by atoms with van der Waals surface area (Å²) >= 11 is 0. The van der Waals surface area contributed by atoms with Crippen molar-refractivity contribution in [3.05, 3.63) is 64.8 Å². The summed E-state index contributed by atoms with van der Waals surface area (Å²) in [5.41, 5.74) is 4.67. The highest BCUT2D eigenvalue weighted by molar-refractivity contribution is 5.86. The van der Waals surface area contributed by atoms with E-state index in [1.807, 2.05) is 46.5 Å². The number of pyridine rings is 1. The second kappa shape index (κ2) is 5.80. The summed E-state index contributed by atoms with van der Waals surface area (Å²) in [4.78, 5) is 17.6. The minimum atomic E-state index is 0.0400. The predicted molar refractivity (Wildman–Crippen MR) is 102 cm³/mol. The Morgan fingerprint density at radius 2 is 1.85 bits per heavy atom. The fourth-order valence-electron chi connectivity index (χ4n) is 4.20. The van der Waals surface area contributed by atoms with Crippen molar-refractivity contribution in [2.24, 2.45) is 0 Å². The van der Waals surface area contributed by atoms with Crippen molar-refractivity contribution < 1.29 is 0 Å². The van der Waals surface area contributed by atoms with Crippen LogP contribution in [0, 0.1) is 6.92 Å². The van der Waals surface area contributed by atoms with Gasteiger partial charge in [-0.25, -0.2) is 9.50 Å². The number of aromatic nitrogens is 4. The molecule has 0 N–H and O–H groups in total. The number of rotatable bonds is 2. The monoisotopic (exact) mass is 344 g/mol. The van der Waals surface area contributed by atoms with Crippen LogP contribution in [0.1, 0.15) is 37.4 Å². The lowest BCUT2D eigenvalue weighted by Gasteiger charge is -2.14. The highest BCUT2D eigenvalue weighted by atomic mass is 16.1. The summed E-state index contributed by atoms with van der Waals surface area (Å²) in [7, 11) is 0. The molecule has 0 atom stereocenters. The fourth-order valence-corrected chi connectivity index (χ4v) is 4.20. The van der Waals surface area contributed by atoms with Gasteiger partial charge in [0.25, 0.3) is 5.56 Å². The van der Waals surface area contributed by atoms with Gasteiger partial charge in [-0.05, 0) is 31.4 Å². The Labute approximate surface area is 150 Å². The van der Waals surface area contributed by atoms with Crippen molar-refractivity contribution in [2.45, 2.75) is 38.6 Å². The van der Waals surface area contributed by atoms with Crippen molar-refractivity contribution in [3.8, 4) is 11.1 Å². The lowest BCUT2D eigenvalue weighted by atomic mass is 10.1. The Hall–Kier alpha value is -2.95. The Balaban J connectivity index is 1.77. The van der Waals surface area contributed by atoms with Crippen LogP contribution in [0.4, 0.5) is 0 Å². The average molecular weight is 344 g/mol. The quantitative estimate of drug-likeness (QED) is 0.549. The minimum Gasteiger partial charge on any atom is -0.312 e. The first kappa shape index (κ1) is 15.3. The number of nitrogens with zero attached hydrogens (tertiary/aromatic N) is 4. The minimum absolute atomic E-state index is 0.0400. The average Bonchev–Trinajstić information content (AvgIpc) is 3.30. The van der Waals surface area contributed by atoms with E-state index in [0.29, 0.717) is 11.4 Å². The second-order valence-corrected chi connectivity index (χ2v) is 7.09. The molecule has 1 aliphatic rings. The number of benzene rings is 1. The smallest absolute Gasteiger partial charge is 0.261 e. The van der Waals surface area contributed by atoms with E-state index in [2.05, 4.69) is 17.1 Å². The first-order valence-electron chi connectivity index (χ1n) is 9.18. The molecule has 1 aliphatic carbocycles. The predicted octanol–water partition coefficient (Wildman–Crippen LogP) is 4.13. The Bertz CT molecular complexity index is 1170. The summed E-state index contributed by atoms with van der Waals surface area (Å²) in [6, 6.07) is 12.5. The molecule has 3 aromatic heterocycles. The highest BCUT2D eigenvalue weighted by Gasteiger charge is 2.20. The molecular formula is C21H20N4O. The highest BCUT2D eigenvalue weighted by Crippen LogP contribution is 2.30. The van der Waals surface area contributed by atoms with E-state index in [9.17, 15) is 4.79 Å². The van der Waals surface area contributed by atoms with Crippen molar-refractivity contribution >= 4 is 16.6 Å². The van der Waals surface area contributed by atoms with Crippen LogP contribution in [0.3, 0.4) is 0 Å². The van der Waals surface area contributed by atoms with Crippen LogP contribution < -0.4 is 5.56 Å². The molecule has 0 aliphatic heterocycles. The molecule has 0 spiro atoms. The van der Waals surface area contributed by atoms with Crippen LogP contribution >= 0.6 is 0 Å². The number of fused-ring (bicyclic) bond motifs is 3. The summed E-state index contributed by atoms with van der Waals surface area (Å²) in [5.74, 6) is 0. The summed E-state index contributed by atoms with van der Waals surface area (Å²) in [5, 5.41) is 5.33. The zero-order valence-corrected chi connectivity index (χ0v) is 14.7. The van der Waals surface area contributed by atoms with E-state index in [1.54, 1.807) is 6.20 Å². The Kier molecular flexibility index (Phi) is 3.42. The number of hydrogen-bond donors (Lipinski definition) is 0. The van der Waals surface area contributed by atoms with E-state index < -0.39 is 0 Å². The molecule has 0 bridgehead atoms. The van der Waals surface area contributed by atoms with Gasteiger partial charge >= 0.3 is 0 Å². The molecule has 0 amide bonds. The maximum atomic E-state index is 13.0. The fraction of sp³-hybridized carbons (Fsp3) is 0.286. The molecule has 1 aromatic carbocycles. The van der Waals surface area contributed by atoms with E-state index >= 15 is 0 Å². The van der Waals surface area contributed by atoms with Crippen LogP contribution in [0.15, 0.2) is 53.6 Å². The van der Waals surface area contributed by atoms with Gasteiger partial charge in [-0.3, -0.25) is 4.79 Å². The molecule has 5 heteroatoms. The Morgan fingerprint density at radius 1 is 1.08 bits per heavy atom. The first-order chi connectivity index (χ1) is 12.7. The standard InChI is InChI=1S/C21H20N4O/c1-14-19(15-7-3-2-4-8-15)20-22-13-17-18(25(20)23-14)11-12-24(21(17)26)16-9-5-6-10-16/h2-4,7-8,11-13,16H,5-6,9-10H2,1H3. The molecule has 0 radical (unpaired) electrons. The SMILES string of the molecule is Cc1nn2c(ncc3c(=O)n(C4CCCC4)ccc32)c1-c1ccccc1. The molecule has 4 aromatic rings. The maximum Gasteiger partial charge on any atom is 0.261 e. The molecule has 130 valence electrons. The first-order valence-corrected chi connectivity index (χ1v) is 9.18. The molecule has 0 unspecified atom stereocenters. The van der Waals surface area contributed by atoms with Crippen LogP contribution in [-0.4, -0.2) is 19.2 Å². The third-order valence-corrected chi connectivity index (χ3v) is 5.49. The van der Waals surface area contributed by atoms with Gasteiger partial charge in [0, 0.05) is 24.0 Å². The van der Waals surface area contributed by atoms with Crippen LogP contribution in [0.2, 0.25) is 0 Å². The van der Waals surface area contributed by atoms with E-state index in [0.717, 1.165) is 40.8 Å². The van der Waals surface area contributed by atoms with Gasteiger partial charge in [-0.2, -0.15) is 5.10 Å². The molecule has 0 saturated heterocycles. The zero-order valence-electron chi connectivity index (χ0n) is 14.7. The third kappa shape index (κ3) is 2.20. The van der Waals surface area contributed by atoms with E-state index in [1.165, 1.54) is 12.8 Å². The lowest BCUT2D eigenvalue weighted by Crippen LogP contribution is -2.23. The summed E-state index contributed by atoms with van der Waals surface area (Å²) < 4.78 is 3.70. The van der Waals surface area contributed by atoms with Crippen LogP contribution in [0.25, 0.3) is 27.7 Å². The van der Waals surface area contributed by atoms with Crippen molar-refractivity contribution in [1.29, 1.82) is 0 Å². The van der Waals surface area contributed by atoms with Gasteiger partial charge in [-0.1, -0.05) is 43.2 Å². The number of hydrogen-bond acceptors (Lipinski definition) is 3. The molecule has 3 heterocycles. The van der Waals surface area contributed by atoms with Crippen LogP contribution in [0.5, 0.6) is 0 Å². The topological polar surface area (TPSA) is 52.2 Å². The van der Waals surface area contributed by atoms with Gasteiger partial charge < -0.3 is 4.57 Å². The van der Waals surface area contributed by atoms with Gasteiger partial charge in [0.15, 0.2) is 5.65 Å². The van der Waals surface area contributed by atoms with Crippen molar-refractivity contribution in [1.82, 2.24) is 19.2 Å². The largest absolute Gasteiger partial charge is 0.312 e. The van der Waals surface area contributed by atoms with Crippen LogP contribution in [-0.2, 0) is 0 Å². The molecular weight excluding hydrogens is 324 g/mol. The van der Waals surface area contributed by atoms with Crippen molar-refractivity contribution in [2.75, 3.05) is 0 Å². The molecule has 1 saturated carbocycles. The van der Waals surface area contributed by atoms with Crippen molar-refractivity contribution in [3.63, 3.8) is 0 Å². The normalized spacial score (nSPS) is 15.3. The summed E-state index contributed by atoms with van der Waals surface area (Å²) in [6.07, 6.45) is 8.21. The van der Waals surface area contributed by atoms with Gasteiger partial charge in [-0.15, -0.1) is 0 Å². The molecule has 5 rings (SSSR count). The van der Waals surface area contributed by atoms with E-state index in [4.69, 9.17) is 5.10 Å².